The van der Waals surface area contributed by atoms with Crippen molar-refractivity contribution in [2.75, 3.05) is 0 Å². The van der Waals surface area contributed by atoms with E-state index in [4.69, 9.17) is 10.7 Å². The van der Waals surface area contributed by atoms with Crippen LogP contribution in [0, 0.1) is 6.92 Å². The van der Waals surface area contributed by atoms with E-state index in [1.54, 1.807) is 12.1 Å². The molecule has 0 aliphatic carbocycles. The second-order valence-corrected chi connectivity index (χ2v) is 6.80. The van der Waals surface area contributed by atoms with E-state index in [0.717, 1.165) is 33.6 Å². The highest BCUT2D eigenvalue weighted by Gasteiger charge is 2.10. The Morgan fingerprint density at radius 2 is 1.32 bits per heavy atom. The van der Waals surface area contributed by atoms with Gasteiger partial charge in [-0.25, -0.2) is 4.98 Å². The molecule has 2 N–H and O–H groups in total. The fraction of sp³-hybridized carbons (Fsp3) is 0.0400. The van der Waals surface area contributed by atoms with E-state index in [9.17, 15) is 4.79 Å². The van der Waals surface area contributed by atoms with Crippen molar-refractivity contribution in [1.29, 1.82) is 0 Å². The molecule has 0 fully saturated rings. The first-order valence-corrected chi connectivity index (χ1v) is 9.15. The maximum absolute atomic E-state index is 11.4. The molecule has 28 heavy (non-hydrogen) atoms. The van der Waals surface area contributed by atoms with E-state index in [-0.39, 0.29) is 0 Å². The van der Waals surface area contributed by atoms with Gasteiger partial charge < -0.3 is 5.73 Å². The van der Waals surface area contributed by atoms with Crippen LogP contribution in [0.4, 0.5) is 0 Å². The van der Waals surface area contributed by atoms with Crippen LogP contribution in [-0.4, -0.2) is 10.9 Å². The summed E-state index contributed by atoms with van der Waals surface area (Å²) >= 11 is 0. The van der Waals surface area contributed by atoms with E-state index in [1.807, 2.05) is 36.4 Å². The average Bonchev–Trinajstić information content (AvgIpc) is 2.74. The van der Waals surface area contributed by atoms with Crippen molar-refractivity contribution in [3.63, 3.8) is 0 Å². The number of rotatable bonds is 4. The first kappa shape index (κ1) is 17.7. The summed E-state index contributed by atoms with van der Waals surface area (Å²) in [4.78, 5) is 16.3. The van der Waals surface area contributed by atoms with Crippen LogP contribution in [-0.2, 0) is 0 Å². The highest BCUT2D eigenvalue weighted by atomic mass is 16.1. The molecule has 136 valence electrons. The average molecular weight is 364 g/mol. The lowest BCUT2D eigenvalue weighted by Crippen LogP contribution is -2.10. The first-order chi connectivity index (χ1) is 13.6. The minimum Gasteiger partial charge on any atom is -0.366 e. The summed E-state index contributed by atoms with van der Waals surface area (Å²) in [7, 11) is 0. The summed E-state index contributed by atoms with van der Waals surface area (Å²) in [6, 6.07) is 30.0. The van der Waals surface area contributed by atoms with Crippen molar-refractivity contribution < 1.29 is 4.79 Å². The number of amides is 1. The fourth-order valence-electron chi connectivity index (χ4n) is 3.23. The van der Waals surface area contributed by atoms with Gasteiger partial charge in [0, 0.05) is 16.7 Å². The zero-order valence-electron chi connectivity index (χ0n) is 15.6. The van der Waals surface area contributed by atoms with E-state index in [0.29, 0.717) is 5.56 Å². The van der Waals surface area contributed by atoms with Crippen molar-refractivity contribution in [3.8, 4) is 33.6 Å². The molecule has 4 rings (SSSR count). The number of aryl methyl sites for hydroxylation is 1. The topological polar surface area (TPSA) is 56.0 Å². The lowest BCUT2D eigenvalue weighted by molar-refractivity contribution is 0.100. The third kappa shape index (κ3) is 3.69. The Kier molecular flexibility index (Phi) is 4.73. The monoisotopic (exact) mass is 364 g/mol. The smallest absolute Gasteiger partial charge is 0.248 e. The Bertz CT molecular complexity index is 1130. The summed E-state index contributed by atoms with van der Waals surface area (Å²) in [5.74, 6) is -0.424. The van der Waals surface area contributed by atoms with Crippen LogP contribution in [0.5, 0.6) is 0 Å². The Labute approximate surface area is 164 Å². The van der Waals surface area contributed by atoms with Gasteiger partial charge in [-0.1, -0.05) is 66.2 Å². The van der Waals surface area contributed by atoms with Crippen molar-refractivity contribution in [2.24, 2.45) is 5.73 Å². The number of carbonyl (C=O) groups is 1. The molecule has 0 aliphatic rings. The third-order valence-corrected chi connectivity index (χ3v) is 4.71. The van der Waals surface area contributed by atoms with Crippen molar-refractivity contribution >= 4 is 5.91 Å². The number of aromatic nitrogens is 1. The van der Waals surface area contributed by atoms with Crippen molar-refractivity contribution in [3.05, 3.63) is 102 Å². The number of benzene rings is 3. The van der Waals surface area contributed by atoms with E-state index in [1.165, 1.54) is 5.56 Å². The molecule has 0 spiro atoms. The summed E-state index contributed by atoms with van der Waals surface area (Å²) in [5, 5.41) is 0. The fourth-order valence-corrected chi connectivity index (χ4v) is 3.23. The number of nitrogens with zero attached hydrogens (tertiary/aromatic N) is 1. The van der Waals surface area contributed by atoms with Crippen LogP contribution in [0.15, 0.2) is 91.0 Å². The highest BCUT2D eigenvalue weighted by Crippen LogP contribution is 2.30. The standard InChI is InChI=1S/C25H20N2O/c1-17-6-5-9-21(14-17)24-16-22(18-10-12-20(13-11-18)25(26)28)15-23(27-24)19-7-3-2-4-8-19/h2-16H,1H3,(H2,26,28). The maximum atomic E-state index is 11.4. The minimum absolute atomic E-state index is 0.424. The molecule has 3 nitrogen and oxygen atoms in total. The number of carbonyl (C=O) groups excluding carboxylic acids is 1. The zero-order chi connectivity index (χ0) is 19.5. The number of pyridine rings is 1. The van der Waals surface area contributed by atoms with Gasteiger partial charge in [-0.3, -0.25) is 4.79 Å². The van der Waals surface area contributed by atoms with Gasteiger partial charge in [-0.2, -0.15) is 0 Å². The van der Waals surface area contributed by atoms with Crippen LogP contribution in [0.3, 0.4) is 0 Å². The van der Waals surface area contributed by atoms with Gasteiger partial charge in [0.05, 0.1) is 11.4 Å². The molecule has 0 saturated carbocycles. The normalized spacial score (nSPS) is 10.6. The van der Waals surface area contributed by atoms with Crippen LogP contribution in [0.1, 0.15) is 15.9 Å². The Morgan fingerprint density at radius 3 is 1.96 bits per heavy atom. The quantitative estimate of drug-likeness (QED) is 0.520. The van der Waals surface area contributed by atoms with E-state index >= 15 is 0 Å². The van der Waals surface area contributed by atoms with Gasteiger partial charge in [0.1, 0.15) is 0 Å². The Hall–Kier alpha value is -3.72. The molecule has 4 aromatic rings. The third-order valence-electron chi connectivity index (χ3n) is 4.71. The summed E-state index contributed by atoms with van der Waals surface area (Å²) in [5.41, 5.74) is 13.1. The molecule has 3 aromatic carbocycles. The molecule has 1 heterocycles. The summed E-state index contributed by atoms with van der Waals surface area (Å²) < 4.78 is 0. The molecule has 0 atom stereocenters. The predicted molar refractivity (Wildman–Crippen MR) is 114 cm³/mol. The lowest BCUT2D eigenvalue weighted by Gasteiger charge is -2.11. The van der Waals surface area contributed by atoms with Crippen LogP contribution >= 0.6 is 0 Å². The minimum atomic E-state index is -0.424. The number of primary amides is 1. The zero-order valence-corrected chi connectivity index (χ0v) is 15.6. The molecule has 3 heteroatoms. The molecule has 0 aliphatic heterocycles. The molecule has 0 bridgehead atoms. The predicted octanol–water partition coefficient (Wildman–Crippen LogP) is 5.49. The molecule has 0 radical (unpaired) electrons. The largest absolute Gasteiger partial charge is 0.366 e. The molecule has 1 amide bonds. The number of nitrogens with two attached hydrogens (primary N) is 1. The van der Waals surface area contributed by atoms with Gasteiger partial charge in [-0.05, 0) is 48.4 Å². The highest BCUT2D eigenvalue weighted by molar-refractivity contribution is 5.93. The first-order valence-electron chi connectivity index (χ1n) is 9.15. The molecule has 0 unspecified atom stereocenters. The number of hydrogen-bond donors (Lipinski definition) is 1. The van der Waals surface area contributed by atoms with Crippen LogP contribution in [0.25, 0.3) is 33.6 Å². The number of hydrogen-bond acceptors (Lipinski definition) is 2. The SMILES string of the molecule is Cc1cccc(-c2cc(-c3ccc(C(N)=O)cc3)cc(-c3ccccc3)n2)c1. The maximum Gasteiger partial charge on any atom is 0.248 e. The van der Waals surface area contributed by atoms with Crippen LogP contribution in [0.2, 0.25) is 0 Å². The summed E-state index contributed by atoms with van der Waals surface area (Å²) in [6.45, 7) is 2.08. The van der Waals surface area contributed by atoms with Gasteiger partial charge in [0.25, 0.3) is 0 Å². The van der Waals surface area contributed by atoms with Crippen molar-refractivity contribution in [1.82, 2.24) is 4.98 Å². The van der Waals surface area contributed by atoms with Crippen LogP contribution < -0.4 is 5.73 Å². The van der Waals surface area contributed by atoms with E-state index < -0.39 is 5.91 Å². The molecule has 0 saturated heterocycles. The molecule has 1 aromatic heterocycles. The lowest BCUT2D eigenvalue weighted by atomic mass is 9.98. The van der Waals surface area contributed by atoms with E-state index in [2.05, 4.69) is 49.4 Å². The van der Waals surface area contributed by atoms with Gasteiger partial charge >= 0.3 is 0 Å². The van der Waals surface area contributed by atoms with Crippen molar-refractivity contribution in [2.45, 2.75) is 6.92 Å². The second-order valence-electron chi connectivity index (χ2n) is 6.80. The molecular weight excluding hydrogens is 344 g/mol. The Balaban J connectivity index is 1.88. The molecular formula is C25H20N2O. The van der Waals surface area contributed by atoms with Gasteiger partial charge in [0.15, 0.2) is 0 Å². The Morgan fingerprint density at radius 1 is 0.679 bits per heavy atom. The second kappa shape index (κ2) is 7.49. The van der Waals surface area contributed by atoms with Gasteiger partial charge in [-0.15, -0.1) is 0 Å². The van der Waals surface area contributed by atoms with Gasteiger partial charge in [0.2, 0.25) is 5.91 Å². The summed E-state index contributed by atoms with van der Waals surface area (Å²) in [6.07, 6.45) is 0.